The lowest BCUT2D eigenvalue weighted by atomic mass is 10.4. The number of aliphatic carboxylic acids is 1. The van der Waals surface area contributed by atoms with Crippen molar-refractivity contribution in [2.45, 2.75) is 20.0 Å². The molecule has 2 rings (SSSR count). The highest BCUT2D eigenvalue weighted by Gasteiger charge is 2.13. The molecule has 0 bridgehead atoms. The Morgan fingerprint density at radius 1 is 1.53 bits per heavy atom. The molecule has 2 heterocycles. The van der Waals surface area contributed by atoms with E-state index in [2.05, 4.69) is 15.5 Å². The van der Waals surface area contributed by atoms with Gasteiger partial charge in [-0.1, -0.05) is 5.16 Å². The zero-order valence-corrected chi connectivity index (χ0v) is 10.2. The van der Waals surface area contributed by atoms with E-state index in [-0.39, 0.29) is 18.8 Å². The van der Waals surface area contributed by atoms with Gasteiger partial charge in [0.2, 0.25) is 5.89 Å². The van der Waals surface area contributed by atoms with Crippen molar-refractivity contribution in [1.29, 1.82) is 0 Å². The molecule has 0 unspecified atom stereocenters. The number of nitrogens with zero attached hydrogens (tertiary/aromatic N) is 3. The Balaban J connectivity index is 2.00. The smallest absolute Gasteiger partial charge is 0.323 e. The van der Waals surface area contributed by atoms with Gasteiger partial charge in [-0.05, 0) is 12.1 Å². The number of nitrogens with one attached hydrogen (secondary N) is 1. The molecular formula is C11H12N4O4. The Labute approximate surface area is 108 Å². The van der Waals surface area contributed by atoms with Crippen molar-refractivity contribution >= 4 is 11.9 Å². The van der Waals surface area contributed by atoms with E-state index in [1.165, 1.54) is 10.8 Å². The summed E-state index contributed by atoms with van der Waals surface area (Å²) in [6.07, 6.45) is 1.53. The number of carboxylic acid groups (broad SMARTS) is 1. The fourth-order valence-corrected chi connectivity index (χ4v) is 1.57. The van der Waals surface area contributed by atoms with Crippen LogP contribution in [0.2, 0.25) is 0 Å². The maximum absolute atomic E-state index is 11.9. The maximum atomic E-state index is 11.9. The van der Waals surface area contributed by atoms with Gasteiger partial charge in [0.25, 0.3) is 5.91 Å². The molecule has 0 saturated carbocycles. The van der Waals surface area contributed by atoms with E-state index in [0.29, 0.717) is 11.7 Å². The number of carbonyl (C=O) groups excluding carboxylic acids is 1. The number of aromatic nitrogens is 3. The Hall–Kier alpha value is -2.64. The van der Waals surface area contributed by atoms with Gasteiger partial charge in [0.1, 0.15) is 12.2 Å². The Bertz CT molecular complexity index is 601. The van der Waals surface area contributed by atoms with E-state index >= 15 is 0 Å². The minimum atomic E-state index is -1.01. The van der Waals surface area contributed by atoms with Crippen LogP contribution in [0.5, 0.6) is 0 Å². The second-order valence-electron chi connectivity index (χ2n) is 3.83. The maximum Gasteiger partial charge on any atom is 0.323 e. The molecule has 0 aliphatic carbocycles. The van der Waals surface area contributed by atoms with E-state index < -0.39 is 11.9 Å². The van der Waals surface area contributed by atoms with E-state index in [9.17, 15) is 9.59 Å². The highest BCUT2D eigenvalue weighted by molar-refractivity contribution is 5.93. The third-order valence-corrected chi connectivity index (χ3v) is 2.34. The quantitative estimate of drug-likeness (QED) is 0.797. The molecular weight excluding hydrogens is 252 g/mol. The van der Waals surface area contributed by atoms with Crippen LogP contribution in [0.4, 0.5) is 0 Å². The zero-order valence-electron chi connectivity index (χ0n) is 10.2. The van der Waals surface area contributed by atoms with Crippen molar-refractivity contribution in [2.75, 3.05) is 0 Å². The summed E-state index contributed by atoms with van der Waals surface area (Å²) in [4.78, 5) is 26.5. The summed E-state index contributed by atoms with van der Waals surface area (Å²) in [5.74, 6) is -0.631. The van der Waals surface area contributed by atoms with Gasteiger partial charge in [0.05, 0.1) is 6.54 Å². The first-order chi connectivity index (χ1) is 9.06. The van der Waals surface area contributed by atoms with E-state index in [1.54, 1.807) is 19.1 Å². The van der Waals surface area contributed by atoms with Gasteiger partial charge in [-0.2, -0.15) is 4.98 Å². The lowest BCUT2D eigenvalue weighted by molar-refractivity contribution is -0.137. The largest absolute Gasteiger partial charge is 0.480 e. The second kappa shape index (κ2) is 5.34. The van der Waals surface area contributed by atoms with Gasteiger partial charge < -0.3 is 19.5 Å². The average Bonchev–Trinajstić information content (AvgIpc) is 2.94. The number of amides is 1. The molecule has 0 aliphatic rings. The van der Waals surface area contributed by atoms with Crippen molar-refractivity contribution in [3.63, 3.8) is 0 Å². The number of carbonyl (C=O) groups is 2. The summed E-state index contributed by atoms with van der Waals surface area (Å²) in [6, 6.07) is 3.15. The van der Waals surface area contributed by atoms with Crippen molar-refractivity contribution in [3.05, 3.63) is 35.7 Å². The Kier molecular flexibility index (Phi) is 3.60. The molecule has 8 heteroatoms. The van der Waals surface area contributed by atoms with Crippen LogP contribution >= 0.6 is 0 Å². The second-order valence-corrected chi connectivity index (χ2v) is 3.83. The Morgan fingerprint density at radius 3 is 2.95 bits per heavy atom. The normalized spacial score (nSPS) is 10.4. The third kappa shape index (κ3) is 3.18. The summed E-state index contributed by atoms with van der Waals surface area (Å²) in [5.41, 5.74) is 0.266. The third-order valence-electron chi connectivity index (χ3n) is 2.34. The van der Waals surface area contributed by atoms with Crippen molar-refractivity contribution in [3.8, 4) is 0 Å². The fourth-order valence-electron chi connectivity index (χ4n) is 1.57. The number of hydrogen-bond donors (Lipinski definition) is 2. The van der Waals surface area contributed by atoms with Crippen LogP contribution in [0.1, 0.15) is 22.2 Å². The van der Waals surface area contributed by atoms with Gasteiger partial charge in [0, 0.05) is 13.1 Å². The molecule has 0 radical (unpaired) electrons. The van der Waals surface area contributed by atoms with Crippen molar-refractivity contribution in [1.82, 2.24) is 20.0 Å². The molecule has 0 aliphatic heterocycles. The molecule has 2 aromatic rings. The number of hydrogen-bond acceptors (Lipinski definition) is 5. The summed E-state index contributed by atoms with van der Waals surface area (Å²) in [7, 11) is 0. The molecule has 0 atom stereocenters. The van der Waals surface area contributed by atoms with Gasteiger partial charge in [0.15, 0.2) is 5.82 Å². The first kappa shape index (κ1) is 12.8. The highest BCUT2D eigenvalue weighted by Crippen LogP contribution is 2.03. The fraction of sp³-hybridized carbons (Fsp3) is 0.273. The summed E-state index contributed by atoms with van der Waals surface area (Å²) in [5, 5.41) is 14.9. The van der Waals surface area contributed by atoms with Gasteiger partial charge >= 0.3 is 5.97 Å². The molecule has 100 valence electrons. The van der Waals surface area contributed by atoms with Crippen LogP contribution in [0.15, 0.2) is 22.9 Å². The van der Waals surface area contributed by atoms with Crippen LogP contribution in [0, 0.1) is 6.92 Å². The van der Waals surface area contributed by atoms with Crippen molar-refractivity contribution in [2.24, 2.45) is 0 Å². The predicted molar refractivity (Wildman–Crippen MR) is 62.3 cm³/mol. The SMILES string of the molecule is Cc1nc(CNC(=O)c2cccn2CC(=O)O)no1. The van der Waals surface area contributed by atoms with E-state index in [4.69, 9.17) is 9.63 Å². The molecule has 8 nitrogen and oxygen atoms in total. The predicted octanol–water partition coefficient (Wildman–Crippen LogP) is 0.194. The van der Waals surface area contributed by atoms with E-state index in [0.717, 1.165) is 0 Å². The van der Waals surface area contributed by atoms with Crippen LogP contribution in [0.25, 0.3) is 0 Å². The molecule has 2 aromatic heterocycles. The van der Waals surface area contributed by atoms with Gasteiger partial charge in [-0.3, -0.25) is 9.59 Å². The highest BCUT2D eigenvalue weighted by atomic mass is 16.5. The molecule has 1 amide bonds. The first-order valence-corrected chi connectivity index (χ1v) is 5.50. The molecule has 0 saturated heterocycles. The van der Waals surface area contributed by atoms with Gasteiger partial charge in [-0.25, -0.2) is 0 Å². The number of aryl methyl sites for hydroxylation is 1. The standard InChI is InChI=1S/C11H12N4O4/c1-7-13-9(14-19-7)5-12-11(18)8-3-2-4-15(8)6-10(16)17/h2-4H,5-6H2,1H3,(H,12,18)(H,16,17). The summed E-state index contributed by atoms with van der Waals surface area (Å²) < 4.78 is 6.11. The molecule has 0 fully saturated rings. The summed E-state index contributed by atoms with van der Waals surface area (Å²) in [6.45, 7) is 1.50. The van der Waals surface area contributed by atoms with Gasteiger partial charge in [-0.15, -0.1) is 0 Å². The minimum Gasteiger partial charge on any atom is -0.480 e. The topological polar surface area (TPSA) is 110 Å². The summed E-state index contributed by atoms with van der Waals surface area (Å²) >= 11 is 0. The molecule has 19 heavy (non-hydrogen) atoms. The van der Waals surface area contributed by atoms with Crippen LogP contribution in [0.3, 0.4) is 0 Å². The van der Waals surface area contributed by atoms with Crippen LogP contribution in [-0.4, -0.2) is 31.7 Å². The average molecular weight is 264 g/mol. The molecule has 0 spiro atoms. The Morgan fingerprint density at radius 2 is 2.32 bits per heavy atom. The van der Waals surface area contributed by atoms with E-state index in [1.807, 2.05) is 0 Å². The monoisotopic (exact) mass is 264 g/mol. The minimum absolute atomic E-state index is 0.119. The lowest BCUT2D eigenvalue weighted by Gasteiger charge is -2.06. The molecule has 2 N–H and O–H groups in total. The number of rotatable bonds is 5. The lowest BCUT2D eigenvalue weighted by Crippen LogP contribution is -2.26. The molecule has 0 aromatic carbocycles. The van der Waals surface area contributed by atoms with Crippen LogP contribution < -0.4 is 5.32 Å². The van der Waals surface area contributed by atoms with Crippen LogP contribution in [-0.2, 0) is 17.9 Å². The van der Waals surface area contributed by atoms with Crippen molar-refractivity contribution < 1.29 is 19.2 Å². The zero-order chi connectivity index (χ0) is 13.8. The first-order valence-electron chi connectivity index (χ1n) is 5.50. The number of carboxylic acids is 1.